The molecule has 0 radical (unpaired) electrons. The van der Waals surface area contributed by atoms with Gasteiger partial charge in [0.1, 0.15) is 10.6 Å². The number of rotatable bonds is 4. The molecule has 1 fully saturated rings. The van der Waals surface area contributed by atoms with Crippen LogP contribution in [-0.4, -0.2) is 36.3 Å². The fourth-order valence-corrected chi connectivity index (χ4v) is 5.34. The molecule has 8 heteroatoms. The van der Waals surface area contributed by atoms with E-state index in [1.807, 2.05) is 25.1 Å². The van der Waals surface area contributed by atoms with Crippen LogP contribution in [0.15, 0.2) is 35.4 Å². The number of nitrogens with zero attached hydrogens (tertiary/aromatic N) is 2. The van der Waals surface area contributed by atoms with Crippen molar-refractivity contribution in [2.75, 3.05) is 18.4 Å². The van der Waals surface area contributed by atoms with Gasteiger partial charge >= 0.3 is 0 Å². The van der Waals surface area contributed by atoms with E-state index in [1.165, 1.54) is 16.6 Å². The van der Waals surface area contributed by atoms with Gasteiger partial charge in [-0.1, -0.05) is 6.42 Å². The molecule has 3 rings (SSSR count). The molecule has 1 N–H and O–H groups in total. The standard InChI is InChI=1S/C18H22IN3O3S/c1-13-10-14(19)6-7-16(13)20-18(23)17-11-15(12-21(17)2)26(24,25)22-8-4-3-5-9-22/h6-7,10-12H,3-5,8-9H2,1-2H3,(H,20,23). The zero-order valence-electron chi connectivity index (χ0n) is 14.8. The lowest BCUT2D eigenvalue weighted by Gasteiger charge is -2.25. The van der Waals surface area contributed by atoms with Crippen molar-refractivity contribution >= 4 is 44.2 Å². The average Bonchev–Trinajstić information content (AvgIpc) is 3.01. The maximum atomic E-state index is 12.8. The predicted octanol–water partition coefficient (Wildman–Crippen LogP) is 3.37. The number of benzene rings is 1. The molecule has 2 aromatic rings. The molecule has 1 aromatic heterocycles. The first-order chi connectivity index (χ1) is 12.3. The molecule has 0 saturated carbocycles. The third kappa shape index (κ3) is 3.96. The largest absolute Gasteiger partial charge is 0.345 e. The van der Waals surface area contributed by atoms with Gasteiger partial charge in [-0.2, -0.15) is 4.31 Å². The predicted molar refractivity (Wildman–Crippen MR) is 110 cm³/mol. The van der Waals surface area contributed by atoms with E-state index < -0.39 is 10.0 Å². The highest BCUT2D eigenvalue weighted by atomic mass is 127. The number of carbonyl (C=O) groups is 1. The Balaban J connectivity index is 1.84. The number of hydrogen-bond donors (Lipinski definition) is 1. The molecular formula is C18H22IN3O3S. The normalized spacial score (nSPS) is 15.8. The summed E-state index contributed by atoms with van der Waals surface area (Å²) < 4.78 is 29.8. The number of aromatic nitrogens is 1. The maximum Gasteiger partial charge on any atom is 0.272 e. The summed E-state index contributed by atoms with van der Waals surface area (Å²) >= 11 is 2.22. The molecule has 1 aliphatic heterocycles. The van der Waals surface area contributed by atoms with Gasteiger partial charge in [-0.05, 0) is 72.2 Å². The lowest BCUT2D eigenvalue weighted by molar-refractivity contribution is 0.101. The highest BCUT2D eigenvalue weighted by Gasteiger charge is 2.28. The summed E-state index contributed by atoms with van der Waals surface area (Å²) in [6.45, 7) is 3.01. The molecule has 1 aromatic carbocycles. The van der Waals surface area contributed by atoms with Crippen molar-refractivity contribution in [1.82, 2.24) is 8.87 Å². The van der Waals surface area contributed by atoms with Gasteiger partial charge < -0.3 is 9.88 Å². The van der Waals surface area contributed by atoms with Crippen molar-refractivity contribution in [2.45, 2.75) is 31.1 Å². The fraction of sp³-hybridized carbons (Fsp3) is 0.389. The summed E-state index contributed by atoms with van der Waals surface area (Å²) in [5.41, 5.74) is 2.00. The lowest BCUT2D eigenvalue weighted by Crippen LogP contribution is -2.35. The topological polar surface area (TPSA) is 71.4 Å². The number of nitrogens with one attached hydrogen (secondary N) is 1. The molecular weight excluding hydrogens is 465 g/mol. The van der Waals surface area contributed by atoms with E-state index in [9.17, 15) is 13.2 Å². The van der Waals surface area contributed by atoms with E-state index in [4.69, 9.17) is 0 Å². The summed E-state index contributed by atoms with van der Waals surface area (Å²) in [4.78, 5) is 12.8. The third-order valence-corrected chi connectivity index (χ3v) is 7.14. The van der Waals surface area contributed by atoms with E-state index in [0.29, 0.717) is 18.8 Å². The van der Waals surface area contributed by atoms with Crippen LogP contribution in [0, 0.1) is 10.5 Å². The van der Waals surface area contributed by atoms with Crippen molar-refractivity contribution in [3.05, 3.63) is 45.3 Å². The number of hydrogen-bond acceptors (Lipinski definition) is 3. The van der Waals surface area contributed by atoms with Gasteiger partial charge in [0, 0.05) is 35.6 Å². The highest BCUT2D eigenvalue weighted by Crippen LogP contribution is 2.23. The van der Waals surface area contributed by atoms with Crippen LogP contribution >= 0.6 is 22.6 Å². The first kappa shape index (κ1) is 19.4. The Morgan fingerprint density at radius 3 is 2.50 bits per heavy atom. The minimum absolute atomic E-state index is 0.173. The lowest BCUT2D eigenvalue weighted by atomic mass is 10.2. The Hall–Kier alpha value is -1.39. The molecule has 6 nitrogen and oxygen atoms in total. The smallest absolute Gasteiger partial charge is 0.272 e. The molecule has 1 aliphatic rings. The Morgan fingerprint density at radius 1 is 1.15 bits per heavy atom. The Morgan fingerprint density at radius 2 is 1.85 bits per heavy atom. The fourth-order valence-electron chi connectivity index (χ4n) is 3.11. The molecule has 140 valence electrons. The van der Waals surface area contributed by atoms with Gasteiger partial charge in [-0.3, -0.25) is 4.79 Å². The molecule has 0 spiro atoms. The second-order valence-electron chi connectivity index (χ2n) is 6.55. The number of halogens is 1. The van der Waals surface area contributed by atoms with Gasteiger partial charge in [0.2, 0.25) is 10.0 Å². The van der Waals surface area contributed by atoms with E-state index in [0.717, 1.165) is 34.1 Å². The SMILES string of the molecule is Cc1cc(I)ccc1NC(=O)c1cc(S(=O)(=O)N2CCCCC2)cn1C. The number of amides is 1. The van der Waals surface area contributed by atoms with E-state index in [1.54, 1.807) is 11.6 Å². The van der Waals surface area contributed by atoms with Gasteiger partial charge in [0.05, 0.1) is 0 Å². The zero-order chi connectivity index (χ0) is 18.9. The number of sulfonamides is 1. The number of aryl methyl sites for hydroxylation is 2. The summed E-state index contributed by atoms with van der Waals surface area (Å²) in [6.07, 6.45) is 4.33. The van der Waals surface area contributed by atoms with Crippen molar-refractivity contribution in [3.63, 3.8) is 0 Å². The Kier molecular flexibility index (Phi) is 5.73. The Bertz CT molecular complexity index is 931. The maximum absolute atomic E-state index is 12.8. The van der Waals surface area contributed by atoms with Crippen LogP contribution in [0.2, 0.25) is 0 Å². The van der Waals surface area contributed by atoms with Crippen molar-refractivity contribution < 1.29 is 13.2 Å². The first-order valence-corrected chi connectivity index (χ1v) is 11.0. The molecule has 0 bridgehead atoms. The quantitative estimate of drug-likeness (QED) is 0.673. The van der Waals surface area contributed by atoms with Gasteiger partial charge in [0.15, 0.2) is 0 Å². The van der Waals surface area contributed by atoms with E-state index >= 15 is 0 Å². The summed E-state index contributed by atoms with van der Waals surface area (Å²) in [5, 5.41) is 2.87. The number of anilines is 1. The van der Waals surface area contributed by atoms with Crippen LogP contribution in [0.25, 0.3) is 0 Å². The van der Waals surface area contributed by atoms with Crippen LogP contribution in [0.5, 0.6) is 0 Å². The van der Waals surface area contributed by atoms with Crippen molar-refractivity contribution in [1.29, 1.82) is 0 Å². The highest BCUT2D eigenvalue weighted by molar-refractivity contribution is 14.1. The first-order valence-electron chi connectivity index (χ1n) is 8.53. The molecule has 0 aliphatic carbocycles. The monoisotopic (exact) mass is 487 g/mol. The van der Waals surface area contributed by atoms with Crippen molar-refractivity contribution in [3.8, 4) is 0 Å². The van der Waals surface area contributed by atoms with Crippen molar-refractivity contribution in [2.24, 2.45) is 7.05 Å². The van der Waals surface area contributed by atoms with Crippen LogP contribution < -0.4 is 5.32 Å². The molecule has 2 heterocycles. The van der Waals surface area contributed by atoms with Gasteiger partial charge in [-0.25, -0.2) is 8.42 Å². The van der Waals surface area contributed by atoms with Crippen LogP contribution in [0.3, 0.4) is 0 Å². The molecule has 1 amide bonds. The van der Waals surface area contributed by atoms with Gasteiger partial charge in [0.25, 0.3) is 5.91 Å². The second-order valence-corrected chi connectivity index (χ2v) is 9.73. The third-order valence-electron chi connectivity index (χ3n) is 4.60. The van der Waals surface area contributed by atoms with E-state index in [2.05, 4.69) is 27.9 Å². The average molecular weight is 487 g/mol. The summed E-state index contributed by atoms with van der Waals surface area (Å²) in [6, 6.07) is 7.21. The minimum Gasteiger partial charge on any atom is -0.345 e. The summed E-state index contributed by atoms with van der Waals surface area (Å²) in [5.74, 6) is -0.322. The molecule has 26 heavy (non-hydrogen) atoms. The molecule has 0 unspecified atom stereocenters. The molecule has 1 saturated heterocycles. The van der Waals surface area contributed by atoms with Crippen LogP contribution in [0.1, 0.15) is 35.3 Å². The summed E-state index contributed by atoms with van der Waals surface area (Å²) in [7, 11) is -1.87. The minimum atomic E-state index is -3.55. The van der Waals surface area contributed by atoms with Crippen LogP contribution in [0.4, 0.5) is 5.69 Å². The Labute approximate surface area is 167 Å². The van der Waals surface area contributed by atoms with E-state index in [-0.39, 0.29) is 10.8 Å². The molecule has 0 atom stereocenters. The van der Waals surface area contributed by atoms with Crippen LogP contribution in [-0.2, 0) is 17.1 Å². The number of piperidine rings is 1. The van der Waals surface area contributed by atoms with Gasteiger partial charge in [-0.15, -0.1) is 0 Å². The number of carbonyl (C=O) groups excluding carboxylic acids is 1. The zero-order valence-corrected chi connectivity index (χ0v) is 17.8. The second kappa shape index (κ2) is 7.69.